The molecule has 0 aliphatic rings. The Kier molecular flexibility index (Phi) is 3.10. The van der Waals surface area contributed by atoms with Crippen LogP contribution in [0.25, 0.3) is 10.8 Å². The highest BCUT2D eigenvalue weighted by atomic mass is 16.2. The molecule has 0 unspecified atom stereocenters. The quantitative estimate of drug-likeness (QED) is 0.770. The molecule has 0 aliphatic carbocycles. The van der Waals surface area contributed by atoms with E-state index in [2.05, 4.69) is 0 Å². The SMILES string of the molecule is Cn1cc(N)c(=O)n(Cc2cccc3ccccc23)c1=O. The highest BCUT2D eigenvalue weighted by molar-refractivity contribution is 5.85. The zero-order valence-corrected chi connectivity index (χ0v) is 11.6. The number of aromatic nitrogens is 2. The second-order valence-corrected chi connectivity index (χ2v) is 5.01. The number of hydrogen-bond donors (Lipinski definition) is 1. The summed E-state index contributed by atoms with van der Waals surface area (Å²) < 4.78 is 2.49. The zero-order chi connectivity index (χ0) is 15.0. The van der Waals surface area contributed by atoms with Gasteiger partial charge in [0.1, 0.15) is 5.69 Å². The summed E-state index contributed by atoms with van der Waals surface area (Å²) in [6, 6.07) is 13.7. The number of fused-ring (bicyclic) bond motifs is 1. The minimum atomic E-state index is -0.453. The van der Waals surface area contributed by atoms with Gasteiger partial charge in [-0.25, -0.2) is 4.79 Å². The third kappa shape index (κ3) is 2.23. The summed E-state index contributed by atoms with van der Waals surface area (Å²) in [5.74, 6) is 0. The molecule has 1 aromatic heterocycles. The minimum Gasteiger partial charge on any atom is -0.393 e. The van der Waals surface area contributed by atoms with Crippen LogP contribution in [0.15, 0.2) is 58.3 Å². The van der Waals surface area contributed by atoms with Crippen molar-refractivity contribution in [3.63, 3.8) is 0 Å². The van der Waals surface area contributed by atoms with E-state index in [9.17, 15) is 9.59 Å². The summed E-state index contributed by atoms with van der Waals surface area (Å²) in [5.41, 5.74) is 5.82. The summed E-state index contributed by atoms with van der Waals surface area (Å²) in [5, 5.41) is 2.10. The maximum absolute atomic E-state index is 12.2. The Labute approximate surface area is 120 Å². The van der Waals surface area contributed by atoms with Crippen LogP contribution in [-0.2, 0) is 13.6 Å². The Morgan fingerprint density at radius 3 is 2.57 bits per heavy atom. The van der Waals surface area contributed by atoms with Crippen LogP contribution in [0.5, 0.6) is 0 Å². The molecule has 106 valence electrons. The average Bonchev–Trinajstić information content (AvgIpc) is 2.50. The Bertz CT molecular complexity index is 899. The molecule has 0 fully saturated rings. The molecule has 2 aromatic carbocycles. The van der Waals surface area contributed by atoms with E-state index in [-0.39, 0.29) is 17.9 Å². The third-order valence-corrected chi connectivity index (χ3v) is 3.57. The second kappa shape index (κ2) is 4.94. The van der Waals surface area contributed by atoms with Crippen molar-refractivity contribution in [2.45, 2.75) is 6.54 Å². The molecule has 0 amide bonds. The highest BCUT2D eigenvalue weighted by Crippen LogP contribution is 2.18. The summed E-state index contributed by atoms with van der Waals surface area (Å²) in [7, 11) is 1.58. The molecule has 3 rings (SSSR count). The number of rotatable bonds is 2. The predicted octanol–water partition coefficient (Wildman–Crippen LogP) is 1.33. The van der Waals surface area contributed by atoms with E-state index in [0.29, 0.717) is 0 Å². The van der Waals surface area contributed by atoms with Gasteiger partial charge >= 0.3 is 5.69 Å². The first-order valence-electron chi connectivity index (χ1n) is 6.60. The predicted molar refractivity (Wildman–Crippen MR) is 83.4 cm³/mol. The smallest absolute Gasteiger partial charge is 0.331 e. The molecule has 3 aromatic rings. The van der Waals surface area contributed by atoms with Crippen molar-refractivity contribution in [3.05, 3.63) is 75.1 Å². The van der Waals surface area contributed by atoms with Crippen molar-refractivity contribution in [2.75, 3.05) is 5.73 Å². The van der Waals surface area contributed by atoms with Crippen LogP contribution in [-0.4, -0.2) is 9.13 Å². The minimum absolute atomic E-state index is 0.0670. The fourth-order valence-corrected chi connectivity index (χ4v) is 2.49. The first kappa shape index (κ1) is 13.2. The molecule has 0 saturated carbocycles. The monoisotopic (exact) mass is 281 g/mol. The lowest BCUT2D eigenvalue weighted by molar-refractivity contribution is 0.645. The molecule has 5 heteroatoms. The number of hydrogen-bond acceptors (Lipinski definition) is 3. The van der Waals surface area contributed by atoms with Gasteiger partial charge in [-0.1, -0.05) is 42.5 Å². The molecular weight excluding hydrogens is 266 g/mol. The van der Waals surface area contributed by atoms with Gasteiger partial charge in [0.15, 0.2) is 0 Å². The lowest BCUT2D eigenvalue weighted by atomic mass is 10.0. The van der Waals surface area contributed by atoms with E-state index in [1.54, 1.807) is 7.05 Å². The normalized spacial score (nSPS) is 10.9. The van der Waals surface area contributed by atoms with Crippen molar-refractivity contribution in [1.29, 1.82) is 0 Å². The van der Waals surface area contributed by atoms with Crippen LogP contribution in [0.1, 0.15) is 5.56 Å². The molecule has 0 atom stereocenters. The largest absolute Gasteiger partial charge is 0.393 e. The number of benzene rings is 2. The van der Waals surface area contributed by atoms with Gasteiger partial charge in [0.25, 0.3) is 5.56 Å². The first-order valence-corrected chi connectivity index (χ1v) is 6.60. The average molecular weight is 281 g/mol. The van der Waals surface area contributed by atoms with Crippen LogP contribution >= 0.6 is 0 Å². The number of nitrogens with two attached hydrogens (primary N) is 1. The molecule has 0 radical (unpaired) electrons. The topological polar surface area (TPSA) is 70.0 Å². The first-order chi connectivity index (χ1) is 10.1. The van der Waals surface area contributed by atoms with Crippen LogP contribution < -0.4 is 17.0 Å². The molecule has 1 heterocycles. The Morgan fingerprint density at radius 2 is 1.76 bits per heavy atom. The van der Waals surface area contributed by atoms with Gasteiger partial charge < -0.3 is 10.3 Å². The fourth-order valence-electron chi connectivity index (χ4n) is 2.49. The number of aryl methyl sites for hydroxylation is 1. The molecular formula is C16H15N3O2. The van der Waals surface area contributed by atoms with Gasteiger partial charge in [0.05, 0.1) is 6.54 Å². The summed E-state index contributed by atoms with van der Waals surface area (Å²) in [4.78, 5) is 24.3. The number of nitrogens with zero attached hydrogens (tertiary/aromatic N) is 2. The molecule has 0 bridgehead atoms. The van der Waals surface area contributed by atoms with Crippen LogP contribution in [0.3, 0.4) is 0 Å². The van der Waals surface area contributed by atoms with Gasteiger partial charge in [-0.05, 0) is 16.3 Å². The van der Waals surface area contributed by atoms with Gasteiger partial charge in [0.2, 0.25) is 0 Å². The van der Waals surface area contributed by atoms with Gasteiger partial charge in [-0.3, -0.25) is 9.36 Å². The fraction of sp³-hybridized carbons (Fsp3) is 0.125. The Hall–Kier alpha value is -2.82. The van der Waals surface area contributed by atoms with Crippen LogP contribution in [0.4, 0.5) is 5.69 Å². The van der Waals surface area contributed by atoms with Crippen molar-refractivity contribution < 1.29 is 0 Å². The van der Waals surface area contributed by atoms with Crippen molar-refractivity contribution >= 4 is 16.5 Å². The van der Waals surface area contributed by atoms with E-state index in [1.807, 2.05) is 42.5 Å². The van der Waals surface area contributed by atoms with Crippen LogP contribution in [0.2, 0.25) is 0 Å². The van der Waals surface area contributed by atoms with Gasteiger partial charge in [-0.2, -0.15) is 0 Å². The molecule has 2 N–H and O–H groups in total. The lowest BCUT2D eigenvalue weighted by Crippen LogP contribution is -2.40. The third-order valence-electron chi connectivity index (χ3n) is 3.57. The van der Waals surface area contributed by atoms with Gasteiger partial charge in [-0.15, -0.1) is 0 Å². The van der Waals surface area contributed by atoms with Crippen LogP contribution in [0, 0.1) is 0 Å². The molecule has 21 heavy (non-hydrogen) atoms. The van der Waals surface area contributed by atoms with E-state index >= 15 is 0 Å². The molecule has 0 saturated heterocycles. The molecule has 0 spiro atoms. The van der Waals surface area contributed by atoms with E-state index in [4.69, 9.17) is 5.73 Å². The van der Waals surface area contributed by atoms with Gasteiger partial charge in [0, 0.05) is 13.2 Å². The standard InChI is InChI=1S/C16H15N3O2/c1-18-10-14(17)15(20)19(16(18)21)9-12-7-4-6-11-5-2-3-8-13(11)12/h2-8,10H,9,17H2,1H3. The number of anilines is 1. The van der Waals surface area contributed by atoms with E-state index < -0.39 is 5.56 Å². The summed E-state index contributed by atoms with van der Waals surface area (Å²) >= 11 is 0. The van der Waals surface area contributed by atoms with Crippen molar-refractivity contribution in [3.8, 4) is 0 Å². The van der Waals surface area contributed by atoms with Crippen molar-refractivity contribution in [1.82, 2.24) is 9.13 Å². The maximum Gasteiger partial charge on any atom is 0.331 e. The Morgan fingerprint density at radius 1 is 1.05 bits per heavy atom. The highest BCUT2D eigenvalue weighted by Gasteiger charge is 2.09. The number of nitrogen functional groups attached to an aromatic ring is 1. The molecule has 5 nitrogen and oxygen atoms in total. The lowest BCUT2D eigenvalue weighted by Gasteiger charge is -2.10. The van der Waals surface area contributed by atoms with E-state index in [0.717, 1.165) is 20.9 Å². The second-order valence-electron chi connectivity index (χ2n) is 5.01. The summed E-state index contributed by atoms with van der Waals surface area (Å²) in [6.45, 7) is 0.206. The summed E-state index contributed by atoms with van der Waals surface area (Å²) in [6.07, 6.45) is 1.35. The Balaban J connectivity index is 2.21. The van der Waals surface area contributed by atoms with E-state index in [1.165, 1.54) is 10.8 Å². The zero-order valence-electron chi connectivity index (χ0n) is 11.6. The molecule has 0 aliphatic heterocycles. The van der Waals surface area contributed by atoms with Crippen molar-refractivity contribution in [2.24, 2.45) is 7.05 Å². The maximum atomic E-state index is 12.2.